The molecule has 1 rings (SSSR count). The summed E-state index contributed by atoms with van der Waals surface area (Å²) in [4.78, 5) is 13.7. The van der Waals surface area contributed by atoms with Crippen LogP contribution in [0.3, 0.4) is 0 Å². The third-order valence-electron chi connectivity index (χ3n) is 2.80. The number of allylic oxidation sites excluding steroid dienone is 1. The van der Waals surface area contributed by atoms with Crippen LogP contribution in [0.5, 0.6) is 0 Å². The van der Waals surface area contributed by atoms with Crippen molar-refractivity contribution in [3.8, 4) is 0 Å². The number of carbonyl (C=O) groups excluding carboxylic acids is 1. The van der Waals surface area contributed by atoms with Gasteiger partial charge < -0.3 is 0 Å². The standard InChI is InChI=1S/C15H21NO/c1-6-13-9-8-12(5)10-14(13)16(11(3)4)15(17)7-2/h8-10H,3,6-7H2,1-2,4-5H3. The van der Waals surface area contributed by atoms with E-state index in [9.17, 15) is 4.79 Å². The van der Waals surface area contributed by atoms with Gasteiger partial charge in [0.15, 0.2) is 0 Å². The lowest BCUT2D eigenvalue weighted by Gasteiger charge is -2.25. The second-order valence-corrected chi connectivity index (χ2v) is 4.30. The van der Waals surface area contributed by atoms with Gasteiger partial charge in [-0.15, -0.1) is 0 Å². The molecule has 0 saturated carbocycles. The molecule has 1 aromatic rings. The number of anilines is 1. The predicted octanol–water partition coefficient (Wildman–Crippen LogP) is 3.83. The molecule has 0 aliphatic rings. The van der Waals surface area contributed by atoms with E-state index in [2.05, 4.69) is 31.7 Å². The minimum Gasteiger partial charge on any atom is -0.285 e. The van der Waals surface area contributed by atoms with Crippen molar-refractivity contribution in [3.63, 3.8) is 0 Å². The van der Waals surface area contributed by atoms with Crippen LogP contribution in [0.15, 0.2) is 30.5 Å². The average molecular weight is 231 g/mol. The zero-order valence-electron chi connectivity index (χ0n) is 11.2. The van der Waals surface area contributed by atoms with Crippen LogP contribution in [0.25, 0.3) is 0 Å². The molecule has 17 heavy (non-hydrogen) atoms. The maximum Gasteiger partial charge on any atom is 0.230 e. The van der Waals surface area contributed by atoms with Crippen molar-refractivity contribution in [1.29, 1.82) is 0 Å². The minimum absolute atomic E-state index is 0.0952. The largest absolute Gasteiger partial charge is 0.285 e. The van der Waals surface area contributed by atoms with E-state index in [-0.39, 0.29) is 5.91 Å². The van der Waals surface area contributed by atoms with Gasteiger partial charge in [-0.25, -0.2) is 0 Å². The monoisotopic (exact) mass is 231 g/mol. The van der Waals surface area contributed by atoms with Crippen molar-refractivity contribution in [2.45, 2.75) is 40.5 Å². The highest BCUT2D eigenvalue weighted by molar-refractivity contribution is 5.96. The van der Waals surface area contributed by atoms with E-state index in [0.29, 0.717) is 6.42 Å². The molecule has 1 amide bonds. The summed E-state index contributed by atoms with van der Waals surface area (Å²) in [6.07, 6.45) is 1.40. The van der Waals surface area contributed by atoms with Gasteiger partial charge in [0.25, 0.3) is 0 Å². The summed E-state index contributed by atoms with van der Waals surface area (Å²) in [5.41, 5.74) is 4.09. The van der Waals surface area contributed by atoms with E-state index in [1.807, 2.05) is 20.8 Å². The van der Waals surface area contributed by atoms with Crippen LogP contribution in [0.1, 0.15) is 38.3 Å². The van der Waals surface area contributed by atoms with Gasteiger partial charge in [0, 0.05) is 12.1 Å². The smallest absolute Gasteiger partial charge is 0.230 e. The molecule has 0 unspecified atom stereocenters. The van der Waals surface area contributed by atoms with Gasteiger partial charge in [0.2, 0.25) is 5.91 Å². The first-order valence-electron chi connectivity index (χ1n) is 6.09. The topological polar surface area (TPSA) is 20.3 Å². The van der Waals surface area contributed by atoms with Crippen LogP contribution in [-0.2, 0) is 11.2 Å². The van der Waals surface area contributed by atoms with Crippen LogP contribution in [-0.4, -0.2) is 5.91 Å². The highest BCUT2D eigenvalue weighted by atomic mass is 16.2. The Labute approximate surface area is 104 Å². The lowest BCUT2D eigenvalue weighted by molar-refractivity contribution is -0.117. The number of hydrogen-bond donors (Lipinski definition) is 0. The molecule has 2 nitrogen and oxygen atoms in total. The molecular formula is C15H21NO. The van der Waals surface area contributed by atoms with Gasteiger partial charge in [-0.1, -0.05) is 32.6 Å². The molecule has 0 atom stereocenters. The van der Waals surface area contributed by atoms with Gasteiger partial charge in [-0.05, 0) is 37.5 Å². The Morgan fingerprint density at radius 1 is 1.35 bits per heavy atom. The normalized spacial score (nSPS) is 10.1. The number of carbonyl (C=O) groups is 1. The summed E-state index contributed by atoms with van der Waals surface area (Å²) in [6.45, 7) is 11.8. The highest BCUT2D eigenvalue weighted by Gasteiger charge is 2.17. The van der Waals surface area contributed by atoms with Crippen molar-refractivity contribution in [1.82, 2.24) is 0 Å². The SMILES string of the molecule is C=C(C)N(C(=O)CC)c1cc(C)ccc1CC. The molecule has 0 heterocycles. The van der Waals surface area contributed by atoms with E-state index in [0.717, 1.165) is 23.4 Å². The van der Waals surface area contributed by atoms with Crippen LogP contribution in [0, 0.1) is 6.92 Å². The quantitative estimate of drug-likeness (QED) is 0.771. The first-order chi connectivity index (χ1) is 8.01. The number of hydrogen-bond acceptors (Lipinski definition) is 1. The summed E-state index contributed by atoms with van der Waals surface area (Å²) < 4.78 is 0. The molecule has 0 fully saturated rings. The third kappa shape index (κ3) is 2.96. The maximum atomic E-state index is 12.0. The summed E-state index contributed by atoms with van der Waals surface area (Å²) in [7, 11) is 0. The summed E-state index contributed by atoms with van der Waals surface area (Å²) in [5, 5.41) is 0. The van der Waals surface area contributed by atoms with Crippen molar-refractivity contribution >= 4 is 11.6 Å². The molecule has 0 N–H and O–H groups in total. The second kappa shape index (κ2) is 5.67. The molecule has 2 heteroatoms. The average Bonchev–Trinajstić information content (AvgIpc) is 2.29. The Kier molecular flexibility index (Phi) is 4.50. The fraction of sp³-hybridized carbons (Fsp3) is 0.400. The summed E-state index contributed by atoms with van der Waals surface area (Å²) in [5.74, 6) is 0.0952. The number of rotatable bonds is 4. The van der Waals surface area contributed by atoms with Gasteiger partial charge in [0.05, 0.1) is 5.69 Å². The molecule has 0 aliphatic carbocycles. The molecule has 0 radical (unpaired) electrons. The number of nitrogens with zero attached hydrogens (tertiary/aromatic N) is 1. The molecular weight excluding hydrogens is 210 g/mol. The molecule has 1 aromatic carbocycles. The second-order valence-electron chi connectivity index (χ2n) is 4.30. The molecule has 0 spiro atoms. The fourth-order valence-corrected chi connectivity index (χ4v) is 1.89. The van der Waals surface area contributed by atoms with E-state index in [1.165, 1.54) is 5.56 Å². The van der Waals surface area contributed by atoms with Crippen molar-refractivity contribution in [2.24, 2.45) is 0 Å². The lowest BCUT2D eigenvalue weighted by atomic mass is 10.1. The predicted molar refractivity (Wildman–Crippen MR) is 73.1 cm³/mol. The van der Waals surface area contributed by atoms with Crippen LogP contribution < -0.4 is 4.90 Å². The van der Waals surface area contributed by atoms with E-state index < -0.39 is 0 Å². The lowest BCUT2D eigenvalue weighted by Crippen LogP contribution is -2.28. The van der Waals surface area contributed by atoms with Crippen molar-refractivity contribution in [2.75, 3.05) is 4.90 Å². The molecule has 0 saturated heterocycles. The first-order valence-corrected chi connectivity index (χ1v) is 6.09. The molecule has 0 aromatic heterocycles. The Morgan fingerprint density at radius 3 is 2.47 bits per heavy atom. The zero-order chi connectivity index (χ0) is 13.0. The molecule has 92 valence electrons. The number of aryl methyl sites for hydroxylation is 2. The molecule has 0 aliphatic heterocycles. The van der Waals surface area contributed by atoms with Gasteiger partial charge in [-0.3, -0.25) is 9.69 Å². The van der Waals surface area contributed by atoms with Crippen LogP contribution in [0.4, 0.5) is 5.69 Å². The maximum absolute atomic E-state index is 12.0. The van der Waals surface area contributed by atoms with E-state index in [1.54, 1.807) is 4.90 Å². The van der Waals surface area contributed by atoms with Gasteiger partial charge in [0.1, 0.15) is 0 Å². The zero-order valence-corrected chi connectivity index (χ0v) is 11.2. The summed E-state index contributed by atoms with van der Waals surface area (Å²) >= 11 is 0. The van der Waals surface area contributed by atoms with Crippen LogP contribution in [0.2, 0.25) is 0 Å². The van der Waals surface area contributed by atoms with E-state index >= 15 is 0 Å². The first kappa shape index (κ1) is 13.5. The Bertz CT molecular complexity index is 435. The Hall–Kier alpha value is -1.57. The van der Waals surface area contributed by atoms with Crippen molar-refractivity contribution < 1.29 is 4.79 Å². The van der Waals surface area contributed by atoms with Gasteiger partial charge in [-0.2, -0.15) is 0 Å². The Balaban J connectivity index is 3.31. The minimum atomic E-state index is 0.0952. The number of amides is 1. The molecule has 0 bridgehead atoms. The number of benzene rings is 1. The highest BCUT2D eigenvalue weighted by Crippen LogP contribution is 2.26. The van der Waals surface area contributed by atoms with Crippen LogP contribution >= 0.6 is 0 Å². The fourth-order valence-electron chi connectivity index (χ4n) is 1.89. The Morgan fingerprint density at radius 2 is 2.00 bits per heavy atom. The van der Waals surface area contributed by atoms with Gasteiger partial charge >= 0.3 is 0 Å². The summed E-state index contributed by atoms with van der Waals surface area (Å²) in [6, 6.07) is 6.22. The van der Waals surface area contributed by atoms with Crippen molar-refractivity contribution in [3.05, 3.63) is 41.6 Å². The third-order valence-corrected chi connectivity index (χ3v) is 2.80. The van der Waals surface area contributed by atoms with E-state index in [4.69, 9.17) is 0 Å².